The van der Waals surface area contributed by atoms with Gasteiger partial charge in [-0.05, 0) is 60.2 Å². The van der Waals surface area contributed by atoms with Crippen molar-refractivity contribution in [1.29, 1.82) is 0 Å². The lowest BCUT2D eigenvalue weighted by atomic mass is 9.90. The number of hydrogen-bond acceptors (Lipinski definition) is 4. The molecule has 2 atom stereocenters. The third-order valence-electron chi connectivity index (χ3n) is 5.25. The van der Waals surface area contributed by atoms with Crippen LogP contribution in [0.2, 0.25) is 0 Å². The number of rotatable bonds is 9. The van der Waals surface area contributed by atoms with Gasteiger partial charge in [-0.2, -0.15) is 8.42 Å². The summed E-state index contributed by atoms with van der Waals surface area (Å²) >= 11 is 0. The van der Waals surface area contributed by atoms with Crippen LogP contribution in [-0.4, -0.2) is 28.4 Å². The van der Waals surface area contributed by atoms with Crippen molar-refractivity contribution in [2.45, 2.75) is 30.4 Å². The summed E-state index contributed by atoms with van der Waals surface area (Å²) < 4.78 is 33.5. The summed E-state index contributed by atoms with van der Waals surface area (Å²) in [6.07, 6.45) is 4.64. The van der Waals surface area contributed by atoms with Crippen LogP contribution in [0, 0.1) is 0 Å². The highest BCUT2D eigenvalue weighted by atomic mass is 32.2. The number of phenolic OH excluding ortho intramolecular Hbond substituents is 2. The average molecular weight is 439 g/mol. The summed E-state index contributed by atoms with van der Waals surface area (Å²) in [5, 5.41) is 18.0. The van der Waals surface area contributed by atoms with E-state index in [1.165, 1.54) is 0 Å². The number of aryl methyl sites for hydroxylation is 1. The molecule has 0 bridgehead atoms. The minimum Gasteiger partial charge on any atom is -0.508 e. The van der Waals surface area contributed by atoms with Crippen LogP contribution in [0.25, 0.3) is 0 Å². The van der Waals surface area contributed by atoms with E-state index in [0.717, 1.165) is 16.7 Å². The van der Waals surface area contributed by atoms with Crippen molar-refractivity contribution in [2.24, 2.45) is 0 Å². The van der Waals surface area contributed by atoms with Gasteiger partial charge in [0.15, 0.2) is 0 Å². The molecule has 0 saturated heterocycles. The molecule has 0 aliphatic heterocycles. The van der Waals surface area contributed by atoms with Gasteiger partial charge in [0, 0.05) is 5.92 Å². The second-order valence-corrected chi connectivity index (χ2v) is 9.18. The molecule has 31 heavy (non-hydrogen) atoms. The van der Waals surface area contributed by atoms with E-state index in [1.54, 1.807) is 42.5 Å². The Labute approximate surface area is 183 Å². The Morgan fingerprint density at radius 1 is 0.774 bits per heavy atom. The first kappa shape index (κ1) is 22.6. The Morgan fingerprint density at radius 2 is 1.32 bits per heavy atom. The molecule has 3 aromatic rings. The van der Waals surface area contributed by atoms with Gasteiger partial charge in [0.05, 0.1) is 5.25 Å². The normalized spacial score (nSPS) is 13.8. The predicted octanol–water partition coefficient (Wildman–Crippen LogP) is 5.07. The van der Waals surface area contributed by atoms with Crippen LogP contribution >= 0.6 is 0 Å². The summed E-state index contributed by atoms with van der Waals surface area (Å²) in [6, 6.07) is 23.3. The summed E-state index contributed by atoms with van der Waals surface area (Å²) in [5.41, 5.74) is 2.89. The van der Waals surface area contributed by atoms with Gasteiger partial charge in [0.1, 0.15) is 11.5 Å². The first-order valence-electron chi connectivity index (χ1n) is 10.1. The maximum Gasteiger partial charge on any atom is 0.268 e. The molecule has 162 valence electrons. The van der Waals surface area contributed by atoms with Gasteiger partial charge in [0.25, 0.3) is 10.1 Å². The van der Waals surface area contributed by atoms with Gasteiger partial charge in [-0.15, -0.1) is 0 Å². The largest absolute Gasteiger partial charge is 0.508 e. The van der Waals surface area contributed by atoms with Crippen LogP contribution in [0.3, 0.4) is 0 Å². The lowest BCUT2D eigenvalue weighted by Crippen LogP contribution is -2.20. The second-order valence-electron chi connectivity index (χ2n) is 7.49. The zero-order valence-corrected chi connectivity index (χ0v) is 17.8. The van der Waals surface area contributed by atoms with E-state index >= 15 is 0 Å². The van der Waals surface area contributed by atoms with Crippen LogP contribution in [0.5, 0.6) is 11.5 Å². The van der Waals surface area contributed by atoms with E-state index in [-0.39, 0.29) is 30.3 Å². The standard InChI is InChI=1S/C25H26O5S/c26-22-14-9-19(10-15-22)11-18-24(31(28,29)30)7-4-8-25(20-5-2-1-3-6-20)21-12-16-23(27)17-13-21/h1-6,8-10,12-17,24-27H,7,11,18H2,(H,28,29,30)/b8-4+/t24-,25?/m0/s1. The quantitative estimate of drug-likeness (QED) is 0.320. The van der Waals surface area contributed by atoms with Crippen molar-refractivity contribution in [3.63, 3.8) is 0 Å². The monoisotopic (exact) mass is 438 g/mol. The van der Waals surface area contributed by atoms with E-state index in [4.69, 9.17) is 0 Å². The maximum absolute atomic E-state index is 11.9. The van der Waals surface area contributed by atoms with E-state index in [1.807, 2.05) is 48.5 Å². The molecule has 0 radical (unpaired) electrons. The Balaban J connectivity index is 1.76. The van der Waals surface area contributed by atoms with Crippen molar-refractivity contribution >= 4 is 10.1 Å². The molecule has 0 fully saturated rings. The Kier molecular flexibility index (Phi) is 7.50. The number of hydrogen-bond donors (Lipinski definition) is 3. The Bertz CT molecular complexity index is 1090. The molecule has 0 aromatic heterocycles. The Hall–Kier alpha value is -3.09. The fourth-order valence-electron chi connectivity index (χ4n) is 3.50. The predicted molar refractivity (Wildman–Crippen MR) is 122 cm³/mol. The zero-order valence-electron chi connectivity index (χ0n) is 17.0. The number of benzene rings is 3. The summed E-state index contributed by atoms with van der Waals surface area (Å²) in [4.78, 5) is 0. The molecule has 1 unspecified atom stereocenters. The lowest BCUT2D eigenvalue weighted by Gasteiger charge is -2.16. The maximum atomic E-state index is 11.9. The molecular weight excluding hydrogens is 412 g/mol. The highest BCUT2D eigenvalue weighted by Gasteiger charge is 2.22. The third-order valence-corrected chi connectivity index (χ3v) is 6.52. The van der Waals surface area contributed by atoms with Crippen molar-refractivity contribution in [3.05, 3.63) is 108 Å². The van der Waals surface area contributed by atoms with Gasteiger partial charge in [-0.25, -0.2) is 0 Å². The molecule has 0 spiro atoms. The molecule has 0 amide bonds. The smallest absolute Gasteiger partial charge is 0.268 e. The summed E-state index contributed by atoms with van der Waals surface area (Å²) in [6.45, 7) is 0. The highest BCUT2D eigenvalue weighted by molar-refractivity contribution is 7.86. The number of phenols is 2. The van der Waals surface area contributed by atoms with Gasteiger partial charge in [-0.1, -0.05) is 66.7 Å². The third kappa shape index (κ3) is 6.70. The van der Waals surface area contributed by atoms with Gasteiger partial charge >= 0.3 is 0 Å². The molecule has 0 aliphatic rings. The molecule has 0 aliphatic carbocycles. The van der Waals surface area contributed by atoms with Crippen LogP contribution in [0.15, 0.2) is 91.0 Å². The van der Waals surface area contributed by atoms with Crippen LogP contribution in [0.4, 0.5) is 0 Å². The molecule has 0 heterocycles. The van der Waals surface area contributed by atoms with E-state index in [2.05, 4.69) is 0 Å². The molecular formula is C25H26O5S. The van der Waals surface area contributed by atoms with E-state index in [0.29, 0.717) is 6.42 Å². The van der Waals surface area contributed by atoms with Crippen LogP contribution in [-0.2, 0) is 16.5 Å². The van der Waals surface area contributed by atoms with Crippen molar-refractivity contribution in [1.82, 2.24) is 0 Å². The molecule has 6 heteroatoms. The molecule has 0 saturated carbocycles. The number of allylic oxidation sites excluding steroid dienone is 2. The van der Waals surface area contributed by atoms with Gasteiger partial charge < -0.3 is 10.2 Å². The minimum atomic E-state index is -4.21. The summed E-state index contributed by atoms with van der Waals surface area (Å²) in [7, 11) is -4.21. The van der Waals surface area contributed by atoms with Gasteiger partial charge in [-0.3, -0.25) is 4.55 Å². The molecule has 3 aromatic carbocycles. The molecule has 3 N–H and O–H groups in total. The molecule has 3 rings (SSSR count). The minimum absolute atomic E-state index is 0.110. The first-order chi connectivity index (χ1) is 14.8. The number of aromatic hydroxyl groups is 2. The molecule has 5 nitrogen and oxygen atoms in total. The highest BCUT2D eigenvalue weighted by Crippen LogP contribution is 2.28. The summed E-state index contributed by atoms with van der Waals surface area (Å²) in [5.74, 6) is 0.223. The Morgan fingerprint density at radius 3 is 1.90 bits per heavy atom. The van der Waals surface area contributed by atoms with Crippen LogP contribution < -0.4 is 0 Å². The first-order valence-corrected chi connectivity index (χ1v) is 11.6. The average Bonchev–Trinajstić information content (AvgIpc) is 2.75. The van der Waals surface area contributed by atoms with Crippen molar-refractivity contribution < 1.29 is 23.2 Å². The lowest BCUT2D eigenvalue weighted by molar-refractivity contribution is 0.461. The van der Waals surface area contributed by atoms with E-state index in [9.17, 15) is 23.2 Å². The zero-order chi connectivity index (χ0) is 22.3. The van der Waals surface area contributed by atoms with E-state index < -0.39 is 15.4 Å². The SMILES string of the molecule is O=S(=O)(O)[C@@H](C/C=C/C(c1ccccc1)c1ccc(O)cc1)CCc1ccc(O)cc1. The second kappa shape index (κ2) is 10.3. The van der Waals surface area contributed by atoms with Gasteiger partial charge in [0.2, 0.25) is 0 Å². The van der Waals surface area contributed by atoms with Crippen LogP contribution in [0.1, 0.15) is 35.4 Å². The fourth-order valence-corrected chi connectivity index (χ4v) is 4.27. The fraction of sp³-hybridized carbons (Fsp3) is 0.200. The topological polar surface area (TPSA) is 94.8 Å². The van der Waals surface area contributed by atoms with Crippen molar-refractivity contribution in [2.75, 3.05) is 0 Å². The van der Waals surface area contributed by atoms with Crippen molar-refractivity contribution in [3.8, 4) is 11.5 Å².